The Morgan fingerprint density at radius 2 is 1.69 bits per heavy atom. The highest BCUT2D eigenvalue weighted by Crippen LogP contribution is 2.36. The lowest BCUT2D eigenvalue weighted by Crippen LogP contribution is -2.45. The van der Waals surface area contributed by atoms with Gasteiger partial charge in [0.05, 0.1) is 6.04 Å². The molecule has 0 spiro atoms. The molecule has 0 aliphatic heterocycles. The predicted molar refractivity (Wildman–Crippen MR) is 63.8 cm³/mol. The maximum Gasteiger partial charge on any atom is 0.253 e. The summed E-state index contributed by atoms with van der Waals surface area (Å²) in [4.78, 5) is 0. The third-order valence-electron chi connectivity index (χ3n) is 3.62. The van der Waals surface area contributed by atoms with E-state index >= 15 is 0 Å². The Labute approximate surface area is 98.0 Å². The van der Waals surface area contributed by atoms with Crippen molar-refractivity contribution in [3.63, 3.8) is 0 Å². The lowest BCUT2D eigenvalue weighted by Gasteiger charge is -2.36. The summed E-state index contributed by atoms with van der Waals surface area (Å²) in [6, 6.07) is -0.592. The first-order valence-corrected chi connectivity index (χ1v) is 6.56. The SMILES string of the molecule is CCCNC(C(F)F)C1CC(C)CC(C)C1. The molecule has 3 unspecified atom stereocenters. The zero-order valence-corrected chi connectivity index (χ0v) is 10.7. The van der Waals surface area contributed by atoms with E-state index in [4.69, 9.17) is 0 Å². The summed E-state index contributed by atoms with van der Waals surface area (Å²) >= 11 is 0. The zero-order chi connectivity index (χ0) is 12.1. The molecule has 0 aromatic rings. The first-order chi connectivity index (χ1) is 7.54. The van der Waals surface area contributed by atoms with Gasteiger partial charge in [0.2, 0.25) is 0 Å². The molecular weight excluding hydrogens is 208 g/mol. The van der Waals surface area contributed by atoms with Gasteiger partial charge in [-0.2, -0.15) is 0 Å². The second kappa shape index (κ2) is 6.53. The minimum Gasteiger partial charge on any atom is -0.309 e. The fourth-order valence-electron chi connectivity index (χ4n) is 3.07. The van der Waals surface area contributed by atoms with Gasteiger partial charge >= 0.3 is 0 Å². The lowest BCUT2D eigenvalue weighted by atomic mass is 9.74. The van der Waals surface area contributed by atoms with Gasteiger partial charge in [0.15, 0.2) is 0 Å². The van der Waals surface area contributed by atoms with Gasteiger partial charge in [0, 0.05) is 0 Å². The molecule has 0 aromatic carbocycles. The molecule has 3 heteroatoms. The monoisotopic (exact) mass is 233 g/mol. The number of hydrogen-bond donors (Lipinski definition) is 1. The van der Waals surface area contributed by atoms with Crippen molar-refractivity contribution in [2.75, 3.05) is 6.54 Å². The fraction of sp³-hybridized carbons (Fsp3) is 1.00. The van der Waals surface area contributed by atoms with Crippen LogP contribution in [0.1, 0.15) is 46.5 Å². The van der Waals surface area contributed by atoms with Gasteiger partial charge in [0.1, 0.15) is 0 Å². The molecule has 1 aliphatic rings. The van der Waals surface area contributed by atoms with Crippen molar-refractivity contribution < 1.29 is 8.78 Å². The van der Waals surface area contributed by atoms with E-state index in [2.05, 4.69) is 19.2 Å². The summed E-state index contributed by atoms with van der Waals surface area (Å²) in [6.07, 6.45) is 1.79. The predicted octanol–water partition coefficient (Wildman–Crippen LogP) is 3.69. The Morgan fingerprint density at radius 1 is 1.12 bits per heavy atom. The van der Waals surface area contributed by atoms with Crippen LogP contribution in [0, 0.1) is 17.8 Å². The van der Waals surface area contributed by atoms with Gasteiger partial charge in [-0.1, -0.05) is 20.8 Å². The van der Waals surface area contributed by atoms with E-state index in [0.717, 1.165) is 19.3 Å². The number of alkyl halides is 2. The van der Waals surface area contributed by atoms with Crippen LogP contribution in [0.3, 0.4) is 0 Å². The summed E-state index contributed by atoms with van der Waals surface area (Å²) in [7, 11) is 0. The summed E-state index contributed by atoms with van der Waals surface area (Å²) in [5, 5.41) is 3.03. The summed E-state index contributed by atoms with van der Waals surface area (Å²) < 4.78 is 26.0. The van der Waals surface area contributed by atoms with E-state index in [1.807, 2.05) is 6.92 Å². The topological polar surface area (TPSA) is 12.0 Å². The van der Waals surface area contributed by atoms with Crippen molar-refractivity contribution in [2.24, 2.45) is 17.8 Å². The van der Waals surface area contributed by atoms with Crippen LogP contribution in [0.4, 0.5) is 8.78 Å². The van der Waals surface area contributed by atoms with Gasteiger partial charge in [-0.05, 0) is 50.0 Å². The summed E-state index contributed by atoms with van der Waals surface area (Å²) in [6.45, 7) is 7.09. The molecule has 0 aromatic heterocycles. The molecule has 1 saturated carbocycles. The first kappa shape index (κ1) is 13.9. The highest BCUT2D eigenvalue weighted by atomic mass is 19.3. The van der Waals surface area contributed by atoms with Crippen molar-refractivity contribution in [3.05, 3.63) is 0 Å². The third-order valence-corrected chi connectivity index (χ3v) is 3.62. The Balaban J connectivity index is 2.55. The zero-order valence-electron chi connectivity index (χ0n) is 10.7. The second-order valence-electron chi connectivity index (χ2n) is 5.49. The van der Waals surface area contributed by atoms with Gasteiger partial charge in [-0.25, -0.2) is 8.78 Å². The highest BCUT2D eigenvalue weighted by molar-refractivity contribution is 4.85. The van der Waals surface area contributed by atoms with Crippen molar-refractivity contribution in [3.8, 4) is 0 Å². The number of halogens is 2. The maximum absolute atomic E-state index is 13.0. The van der Waals surface area contributed by atoms with Crippen LogP contribution in [0.15, 0.2) is 0 Å². The molecule has 0 saturated heterocycles. The first-order valence-electron chi connectivity index (χ1n) is 6.56. The molecule has 1 aliphatic carbocycles. The van der Waals surface area contributed by atoms with Crippen LogP contribution in [0.5, 0.6) is 0 Å². The van der Waals surface area contributed by atoms with Gasteiger partial charge in [-0.3, -0.25) is 0 Å². The Morgan fingerprint density at radius 3 is 2.12 bits per heavy atom. The molecule has 1 fully saturated rings. The summed E-state index contributed by atoms with van der Waals surface area (Å²) in [5.41, 5.74) is 0. The lowest BCUT2D eigenvalue weighted by molar-refractivity contribution is 0.0424. The molecule has 3 atom stereocenters. The van der Waals surface area contributed by atoms with E-state index in [9.17, 15) is 8.78 Å². The molecule has 1 N–H and O–H groups in total. The van der Waals surface area contributed by atoms with Crippen LogP contribution in [-0.2, 0) is 0 Å². The molecule has 16 heavy (non-hydrogen) atoms. The fourth-order valence-corrected chi connectivity index (χ4v) is 3.07. The van der Waals surface area contributed by atoms with Gasteiger partial charge in [-0.15, -0.1) is 0 Å². The average Bonchev–Trinajstić information content (AvgIpc) is 2.16. The molecule has 0 heterocycles. The van der Waals surface area contributed by atoms with E-state index in [1.165, 1.54) is 6.42 Å². The van der Waals surface area contributed by atoms with Crippen LogP contribution < -0.4 is 5.32 Å². The van der Waals surface area contributed by atoms with E-state index in [0.29, 0.717) is 18.4 Å². The van der Waals surface area contributed by atoms with Crippen molar-refractivity contribution in [1.29, 1.82) is 0 Å². The van der Waals surface area contributed by atoms with E-state index in [1.54, 1.807) is 0 Å². The Kier molecular flexibility index (Phi) is 5.67. The second-order valence-corrected chi connectivity index (χ2v) is 5.49. The minimum absolute atomic E-state index is 0.158. The van der Waals surface area contributed by atoms with Crippen molar-refractivity contribution >= 4 is 0 Å². The standard InChI is InChI=1S/C13H25F2N/c1-4-5-16-12(13(14)15)11-7-9(2)6-10(3)8-11/h9-13,16H,4-8H2,1-3H3. The molecule has 0 bridgehead atoms. The number of rotatable bonds is 5. The normalized spacial score (nSPS) is 33.0. The summed E-state index contributed by atoms with van der Waals surface area (Å²) in [5.74, 6) is 1.35. The third kappa shape index (κ3) is 4.00. The maximum atomic E-state index is 13.0. The smallest absolute Gasteiger partial charge is 0.253 e. The molecule has 96 valence electrons. The molecule has 0 amide bonds. The van der Waals surface area contributed by atoms with Gasteiger partial charge in [0.25, 0.3) is 6.43 Å². The minimum atomic E-state index is -2.23. The van der Waals surface area contributed by atoms with E-state index in [-0.39, 0.29) is 5.92 Å². The average molecular weight is 233 g/mol. The van der Waals surface area contributed by atoms with Crippen LogP contribution in [0.25, 0.3) is 0 Å². The Hall–Kier alpha value is -0.180. The van der Waals surface area contributed by atoms with E-state index < -0.39 is 12.5 Å². The quantitative estimate of drug-likeness (QED) is 0.763. The van der Waals surface area contributed by atoms with Crippen molar-refractivity contribution in [2.45, 2.75) is 58.9 Å². The van der Waals surface area contributed by atoms with Crippen LogP contribution in [-0.4, -0.2) is 19.0 Å². The molecule has 1 nitrogen and oxygen atoms in total. The number of hydrogen-bond acceptors (Lipinski definition) is 1. The molecular formula is C13H25F2N. The largest absolute Gasteiger partial charge is 0.309 e. The van der Waals surface area contributed by atoms with Crippen LogP contribution >= 0.6 is 0 Å². The number of nitrogens with one attached hydrogen (secondary N) is 1. The van der Waals surface area contributed by atoms with Crippen molar-refractivity contribution in [1.82, 2.24) is 5.32 Å². The van der Waals surface area contributed by atoms with Crippen LogP contribution in [0.2, 0.25) is 0 Å². The molecule has 0 radical (unpaired) electrons. The molecule has 1 rings (SSSR count). The highest BCUT2D eigenvalue weighted by Gasteiger charge is 2.34. The van der Waals surface area contributed by atoms with Gasteiger partial charge < -0.3 is 5.32 Å². The Bertz CT molecular complexity index is 186.